The molecule has 0 saturated heterocycles. The van der Waals surface area contributed by atoms with E-state index in [0.717, 1.165) is 30.3 Å². The smallest absolute Gasteiger partial charge is 0.331 e. The number of esters is 1. The van der Waals surface area contributed by atoms with E-state index in [0.29, 0.717) is 29.8 Å². The Morgan fingerprint density at radius 2 is 1.92 bits per heavy atom. The lowest BCUT2D eigenvalue weighted by Crippen LogP contribution is -2.57. The lowest BCUT2D eigenvalue weighted by molar-refractivity contribution is -0.160. The van der Waals surface area contributed by atoms with Crippen molar-refractivity contribution >= 4 is 5.97 Å². The van der Waals surface area contributed by atoms with Gasteiger partial charge in [-0.25, -0.2) is 4.79 Å². The lowest BCUT2D eigenvalue weighted by Gasteiger charge is -2.61. The minimum atomic E-state index is -0.240. The van der Waals surface area contributed by atoms with Crippen LogP contribution in [0.1, 0.15) is 71.6 Å². The third kappa shape index (κ3) is 2.19. The average Bonchev–Trinajstić information content (AvgIpc) is 3.19. The number of carbonyl (C=O) groups is 1. The van der Waals surface area contributed by atoms with Crippen LogP contribution in [0.4, 0.5) is 0 Å². The second-order valence-electron chi connectivity index (χ2n) is 10.5. The number of hydrogen-bond donors (Lipinski definition) is 1. The summed E-state index contributed by atoms with van der Waals surface area (Å²) in [6.45, 7) is 5.34. The quantitative estimate of drug-likeness (QED) is 0.703. The summed E-state index contributed by atoms with van der Waals surface area (Å²) in [4.78, 5) is 11.6. The number of aliphatic hydroxyl groups is 1. The van der Waals surface area contributed by atoms with Crippen LogP contribution in [0.3, 0.4) is 0 Å². The van der Waals surface area contributed by atoms with Gasteiger partial charge in [-0.1, -0.05) is 26.7 Å². The zero-order valence-electron chi connectivity index (χ0n) is 16.4. The topological polar surface area (TPSA) is 46.5 Å². The van der Waals surface area contributed by atoms with E-state index < -0.39 is 0 Å². The molecule has 4 aliphatic carbocycles. The average molecular weight is 359 g/mol. The zero-order chi connectivity index (χ0) is 18.1. The fourth-order valence-corrected chi connectivity index (χ4v) is 8.45. The fourth-order valence-electron chi connectivity index (χ4n) is 8.45. The second kappa shape index (κ2) is 5.83. The molecule has 0 radical (unpaired) electrons. The molecule has 8 atom stereocenters. The summed E-state index contributed by atoms with van der Waals surface area (Å²) in [5, 5.41) is 11.4. The monoisotopic (exact) mass is 358 g/mol. The van der Waals surface area contributed by atoms with Crippen LogP contribution >= 0.6 is 0 Å². The molecule has 144 valence electrons. The van der Waals surface area contributed by atoms with Crippen molar-refractivity contribution < 1.29 is 14.6 Å². The van der Waals surface area contributed by atoms with E-state index in [1.807, 2.05) is 0 Å². The highest BCUT2D eigenvalue weighted by Gasteiger charge is 2.63. The Balaban J connectivity index is 1.48. The van der Waals surface area contributed by atoms with Crippen molar-refractivity contribution in [1.29, 1.82) is 0 Å². The van der Waals surface area contributed by atoms with E-state index in [-0.39, 0.29) is 17.5 Å². The lowest BCUT2D eigenvalue weighted by atomic mass is 9.44. The van der Waals surface area contributed by atoms with Crippen molar-refractivity contribution in [3.8, 4) is 0 Å². The fraction of sp³-hybridized carbons (Fsp3) is 0.870. The number of aliphatic hydroxyl groups excluding tert-OH is 1. The molecule has 1 unspecified atom stereocenters. The first kappa shape index (κ1) is 17.3. The first-order chi connectivity index (χ1) is 12.4. The largest absolute Gasteiger partial charge is 0.458 e. The predicted octanol–water partition coefficient (Wildman–Crippen LogP) is 4.49. The summed E-state index contributed by atoms with van der Waals surface area (Å²) in [6.07, 6.45) is 13.1. The molecule has 5 rings (SSSR count). The number of carbonyl (C=O) groups excluding carboxylic acids is 1. The molecule has 4 saturated carbocycles. The summed E-state index contributed by atoms with van der Waals surface area (Å²) in [5.41, 5.74) is 1.53. The van der Waals surface area contributed by atoms with Gasteiger partial charge in [0.05, 0.1) is 6.10 Å². The highest BCUT2D eigenvalue weighted by Crippen LogP contribution is 2.68. The Kier molecular flexibility index (Phi) is 3.88. The van der Waals surface area contributed by atoms with E-state index in [4.69, 9.17) is 4.74 Å². The zero-order valence-corrected chi connectivity index (χ0v) is 16.4. The maximum atomic E-state index is 11.6. The summed E-state index contributed by atoms with van der Waals surface area (Å²) in [5.74, 6) is 3.10. The van der Waals surface area contributed by atoms with Crippen molar-refractivity contribution in [2.45, 2.75) is 77.7 Å². The van der Waals surface area contributed by atoms with Crippen molar-refractivity contribution in [2.24, 2.45) is 40.4 Å². The molecule has 5 aliphatic rings. The van der Waals surface area contributed by atoms with E-state index in [2.05, 4.69) is 13.8 Å². The van der Waals surface area contributed by atoms with Crippen LogP contribution in [0.2, 0.25) is 0 Å². The molecule has 0 aromatic carbocycles. The third-order valence-corrected chi connectivity index (χ3v) is 9.82. The number of rotatable bonds is 1. The molecule has 3 heteroatoms. The third-order valence-electron chi connectivity index (χ3n) is 9.82. The maximum absolute atomic E-state index is 11.6. The molecule has 4 fully saturated rings. The predicted molar refractivity (Wildman–Crippen MR) is 100 cm³/mol. The van der Waals surface area contributed by atoms with Crippen molar-refractivity contribution in [1.82, 2.24) is 0 Å². The van der Waals surface area contributed by atoms with Gasteiger partial charge in [0.15, 0.2) is 0 Å². The summed E-state index contributed by atoms with van der Waals surface area (Å²) in [7, 11) is 0. The molecule has 3 nitrogen and oxygen atoms in total. The molecule has 0 amide bonds. The van der Waals surface area contributed by atoms with Gasteiger partial charge in [-0.2, -0.15) is 0 Å². The Morgan fingerprint density at radius 3 is 2.69 bits per heavy atom. The van der Waals surface area contributed by atoms with Crippen LogP contribution < -0.4 is 0 Å². The molecule has 26 heavy (non-hydrogen) atoms. The van der Waals surface area contributed by atoms with E-state index in [9.17, 15) is 9.90 Å². The maximum Gasteiger partial charge on any atom is 0.331 e. The van der Waals surface area contributed by atoms with Gasteiger partial charge in [0.25, 0.3) is 0 Å². The van der Waals surface area contributed by atoms with Gasteiger partial charge in [-0.15, -0.1) is 0 Å². The molecule has 0 aromatic rings. The number of cyclic esters (lactones) is 1. The number of fused-ring (bicyclic) bond motifs is 5. The molecule has 1 N–H and O–H groups in total. The molecular formula is C23H34O3. The minimum absolute atomic E-state index is 0.0706. The van der Waals surface area contributed by atoms with E-state index in [1.54, 1.807) is 6.08 Å². The van der Waals surface area contributed by atoms with Gasteiger partial charge < -0.3 is 9.84 Å². The van der Waals surface area contributed by atoms with Crippen molar-refractivity contribution in [3.05, 3.63) is 11.6 Å². The first-order valence-corrected chi connectivity index (χ1v) is 11.0. The molecule has 0 aromatic heterocycles. The van der Waals surface area contributed by atoms with Gasteiger partial charge in [0.2, 0.25) is 0 Å². The first-order valence-electron chi connectivity index (χ1n) is 11.0. The van der Waals surface area contributed by atoms with E-state index in [1.165, 1.54) is 44.9 Å². The van der Waals surface area contributed by atoms with Crippen LogP contribution in [-0.4, -0.2) is 23.8 Å². The van der Waals surface area contributed by atoms with Crippen LogP contribution in [0, 0.1) is 40.4 Å². The SMILES string of the molecule is C[C@]12[C@H](O)C[C@H]3[C@@H](CCC4CCCC[C@@]43C)[C@H]1CC[C@@H]2C1=CC(=O)OC1. The van der Waals surface area contributed by atoms with Crippen LogP contribution in [0.15, 0.2) is 11.6 Å². The van der Waals surface area contributed by atoms with E-state index >= 15 is 0 Å². The standard InChI is InChI=1S/C23H34O3/c1-22-10-4-3-5-15(22)6-7-16-18-9-8-17(14-11-21(25)26-13-14)23(18,2)20(24)12-19(16)22/h11,15-20,24H,3-10,12-13H2,1-2H3/t15?,16-,17+,18+,19-,20+,22-,23+/m0/s1. The van der Waals surface area contributed by atoms with Gasteiger partial charge in [-0.3, -0.25) is 0 Å². The number of ether oxygens (including phenoxy) is 1. The van der Waals surface area contributed by atoms with Crippen LogP contribution in [-0.2, 0) is 9.53 Å². The van der Waals surface area contributed by atoms with Crippen LogP contribution in [0.5, 0.6) is 0 Å². The second-order valence-corrected chi connectivity index (χ2v) is 10.5. The highest BCUT2D eigenvalue weighted by atomic mass is 16.5. The van der Waals surface area contributed by atoms with Crippen LogP contribution in [0.25, 0.3) is 0 Å². The van der Waals surface area contributed by atoms with Gasteiger partial charge in [0, 0.05) is 11.5 Å². The summed E-state index contributed by atoms with van der Waals surface area (Å²) in [6, 6.07) is 0. The van der Waals surface area contributed by atoms with Crippen molar-refractivity contribution in [3.63, 3.8) is 0 Å². The molecule has 1 heterocycles. The summed E-state index contributed by atoms with van der Waals surface area (Å²) < 4.78 is 5.22. The minimum Gasteiger partial charge on any atom is -0.458 e. The molecular weight excluding hydrogens is 324 g/mol. The van der Waals surface area contributed by atoms with Crippen molar-refractivity contribution in [2.75, 3.05) is 6.61 Å². The Morgan fingerprint density at radius 1 is 1.08 bits per heavy atom. The summed E-state index contributed by atoms with van der Waals surface area (Å²) >= 11 is 0. The Labute approximate surface area is 157 Å². The molecule has 0 spiro atoms. The van der Waals surface area contributed by atoms with Gasteiger partial charge in [-0.05, 0) is 85.5 Å². The van der Waals surface area contributed by atoms with Gasteiger partial charge in [0.1, 0.15) is 6.61 Å². The highest BCUT2D eigenvalue weighted by molar-refractivity contribution is 5.85. The van der Waals surface area contributed by atoms with Gasteiger partial charge >= 0.3 is 5.97 Å². The molecule has 0 bridgehead atoms. The Hall–Kier alpha value is -0.830. The molecule has 1 aliphatic heterocycles. The normalized spacial score (nSPS) is 53.3. The number of hydrogen-bond acceptors (Lipinski definition) is 3. The Bertz CT molecular complexity index is 639.